The second kappa shape index (κ2) is 6.66. The van der Waals surface area contributed by atoms with E-state index in [1.165, 1.54) is 24.3 Å². The Morgan fingerprint density at radius 1 is 1.04 bits per heavy atom. The molecule has 0 aliphatic carbocycles. The summed E-state index contributed by atoms with van der Waals surface area (Å²) in [6.07, 6.45) is -5.27. The first-order valence-corrected chi connectivity index (χ1v) is 7.86. The summed E-state index contributed by atoms with van der Waals surface area (Å²) in [5, 5.41) is 15.3. The molecular formula is C18H14F4N2O3. The molecule has 2 aromatic rings. The molecule has 3 rings (SSSR count). The van der Waals surface area contributed by atoms with Crippen LogP contribution in [-0.2, 0) is 10.5 Å². The first-order valence-electron chi connectivity index (χ1n) is 7.86. The van der Waals surface area contributed by atoms with Gasteiger partial charge in [0.2, 0.25) is 5.78 Å². The van der Waals surface area contributed by atoms with E-state index in [2.05, 4.69) is 5.32 Å². The van der Waals surface area contributed by atoms with Crippen molar-refractivity contribution in [3.63, 3.8) is 0 Å². The van der Waals surface area contributed by atoms with Crippen LogP contribution in [0.3, 0.4) is 0 Å². The first kappa shape index (κ1) is 18.8. The Balaban J connectivity index is 2.18. The molecule has 5 nitrogen and oxygen atoms in total. The van der Waals surface area contributed by atoms with Crippen molar-refractivity contribution in [2.45, 2.75) is 17.9 Å². The van der Waals surface area contributed by atoms with Gasteiger partial charge in [0.25, 0.3) is 0 Å². The van der Waals surface area contributed by atoms with E-state index in [1.54, 1.807) is 6.07 Å². The van der Waals surface area contributed by atoms with Gasteiger partial charge in [-0.2, -0.15) is 13.2 Å². The molecule has 2 aromatic carbocycles. The number of halogens is 4. The summed E-state index contributed by atoms with van der Waals surface area (Å²) in [5.41, 5.74) is -2.66. The molecule has 142 valence electrons. The molecule has 1 aliphatic heterocycles. The van der Waals surface area contributed by atoms with E-state index < -0.39 is 41.5 Å². The van der Waals surface area contributed by atoms with Crippen LogP contribution in [0.2, 0.25) is 0 Å². The van der Waals surface area contributed by atoms with Crippen molar-refractivity contribution in [1.82, 2.24) is 10.6 Å². The molecule has 1 heterocycles. The summed E-state index contributed by atoms with van der Waals surface area (Å²) in [5.74, 6) is -5.00. The van der Waals surface area contributed by atoms with Crippen LogP contribution in [0.5, 0.6) is 0 Å². The number of hydrogen-bond donors (Lipinski definition) is 3. The molecule has 1 fully saturated rings. The second-order valence-corrected chi connectivity index (χ2v) is 6.10. The van der Waals surface area contributed by atoms with Gasteiger partial charge in [-0.25, -0.2) is 9.18 Å². The van der Waals surface area contributed by atoms with Crippen LogP contribution in [-0.4, -0.2) is 23.1 Å². The van der Waals surface area contributed by atoms with Crippen molar-refractivity contribution >= 4 is 11.8 Å². The number of urea groups is 1. The van der Waals surface area contributed by atoms with Gasteiger partial charge in [0.1, 0.15) is 11.7 Å². The molecule has 0 saturated carbocycles. The molecular weight excluding hydrogens is 368 g/mol. The van der Waals surface area contributed by atoms with Crippen LogP contribution in [0.15, 0.2) is 54.6 Å². The monoisotopic (exact) mass is 382 g/mol. The molecule has 1 saturated heterocycles. The molecule has 3 N–H and O–H groups in total. The number of benzene rings is 2. The third kappa shape index (κ3) is 3.50. The minimum Gasteiger partial charge on any atom is -0.366 e. The quantitative estimate of drug-likeness (QED) is 0.715. The van der Waals surface area contributed by atoms with Gasteiger partial charge in [-0.3, -0.25) is 4.79 Å². The van der Waals surface area contributed by atoms with E-state index in [9.17, 15) is 32.3 Å². The third-order valence-corrected chi connectivity index (χ3v) is 4.38. The van der Waals surface area contributed by atoms with Gasteiger partial charge in [-0.05, 0) is 17.7 Å². The number of nitrogens with one attached hydrogen (secondary N) is 2. The molecule has 0 spiro atoms. The fraction of sp³-hybridized carbons (Fsp3) is 0.222. The number of carbonyl (C=O) groups is 2. The smallest absolute Gasteiger partial charge is 0.366 e. The molecule has 0 aromatic heterocycles. The number of amides is 2. The highest BCUT2D eigenvalue weighted by Gasteiger charge is 2.59. The minimum atomic E-state index is -5.27. The molecule has 3 atom stereocenters. The topological polar surface area (TPSA) is 78.4 Å². The summed E-state index contributed by atoms with van der Waals surface area (Å²) < 4.78 is 53.0. The summed E-state index contributed by atoms with van der Waals surface area (Å²) >= 11 is 0. The average Bonchev–Trinajstić information content (AvgIpc) is 2.61. The van der Waals surface area contributed by atoms with Crippen molar-refractivity contribution in [2.24, 2.45) is 5.92 Å². The molecule has 0 radical (unpaired) electrons. The SMILES string of the molecule is O=C1N[C@H](c2ccc(F)cc2)[C@@H](C(=O)C(F)(F)F)[C@@](O)(c2ccccc2)N1. The van der Waals surface area contributed by atoms with Crippen LogP contribution in [0.25, 0.3) is 0 Å². The lowest BCUT2D eigenvalue weighted by atomic mass is 9.76. The number of carbonyl (C=O) groups excluding carboxylic acids is 2. The maximum atomic E-state index is 13.3. The number of aliphatic hydroxyl groups is 1. The zero-order chi connectivity index (χ0) is 19.8. The molecule has 0 bridgehead atoms. The highest BCUT2D eigenvalue weighted by molar-refractivity contribution is 5.91. The van der Waals surface area contributed by atoms with Gasteiger partial charge in [0, 0.05) is 5.56 Å². The van der Waals surface area contributed by atoms with Crippen LogP contribution < -0.4 is 10.6 Å². The van der Waals surface area contributed by atoms with E-state index >= 15 is 0 Å². The predicted molar refractivity (Wildman–Crippen MR) is 85.7 cm³/mol. The lowest BCUT2D eigenvalue weighted by Gasteiger charge is -2.45. The van der Waals surface area contributed by atoms with Crippen LogP contribution in [0.4, 0.5) is 22.4 Å². The first-order chi connectivity index (χ1) is 12.6. The highest BCUT2D eigenvalue weighted by Crippen LogP contribution is 2.42. The molecule has 9 heteroatoms. The van der Waals surface area contributed by atoms with Crippen molar-refractivity contribution in [3.8, 4) is 0 Å². The van der Waals surface area contributed by atoms with Gasteiger partial charge >= 0.3 is 12.2 Å². The maximum absolute atomic E-state index is 13.3. The summed E-state index contributed by atoms with van der Waals surface area (Å²) in [7, 11) is 0. The summed E-state index contributed by atoms with van der Waals surface area (Å²) in [6, 6.07) is 8.82. The number of alkyl halides is 3. The fourth-order valence-electron chi connectivity index (χ4n) is 3.16. The zero-order valence-electron chi connectivity index (χ0n) is 13.6. The maximum Gasteiger partial charge on any atom is 0.450 e. The fourth-order valence-corrected chi connectivity index (χ4v) is 3.16. The van der Waals surface area contributed by atoms with E-state index in [4.69, 9.17) is 0 Å². The van der Waals surface area contributed by atoms with E-state index in [1.807, 2.05) is 5.32 Å². The Morgan fingerprint density at radius 2 is 1.63 bits per heavy atom. The van der Waals surface area contributed by atoms with Crippen LogP contribution in [0.1, 0.15) is 17.2 Å². The van der Waals surface area contributed by atoms with Crippen molar-refractivity contribution in [1.29, 1.82) is 0 Å². The molecule has 0 unspecified atom stereocenters. The van der Waals surface area contributed by atoms with Crippen molar-refractivity contribution in [3.05, 3.63) is 71.5 Å². The van der Waals surface area contributed by atoms with E-state index in [0.29, 0.717) is 0 Å². The summed E-state index contributed by atoms with van der Waals surface area (Å²) in [6.45, 7) is 0. The normalized spacial score (nSPS) is 25.4. The molecule has 1 aliphatic rings. The Hall–Kier alpha value is -2.94. The number of ketones is 1. The Morgan fingerprint density at radius 3 is 2.19 bits per heavy atom. The van der Waals surface area contributed by atoms with Gasteiger partial charge in [0.05, 0.1) is 6.04 Å². The highest BCUT2D eigenvalue weighted by atomic mass is 19.4. The van der Waals surface area contributed by atoms with Crippen LogP contribution in [0, 0.1) is 11.7 Å². The van der Waals surface area contributed by atoms with E-state index in [0.717, 1.165) is 24.3 Å². The predicted octanol–water partition coefficient (Wildman–Crippen LogP) is 2.77. The lowest BCUT2D eigenvalue weighted by Crippen LogP contribution is -2.66. The largest absolute Gasteiger partial charge is 0.450 e. The van der Waals surface area contributed by atoms with Gasteiger partial charge in [-0.1, -0.05) is 42.5 Å². The van der Waals surface area contributed by atoms with Crippen molar-refractivity contribution in [2.75, 3.05) is 0 Å². The Bertz CT molecular complexity index is 855. The second-order valence-electron chi connectivity index (χ2n) is 6.10. The van der Waals surface area contributed by atoms with Gasteiger partial charge in [-0.15, -0.1) is 0 Å². The van der Waals surface area contributed by atoms with Gasteiger partial charge in [0.15, 0.2) is 5.72 Å². The third-order valence-electron chi connectivity index (χ3n) is 4.38. The molecule has 27 heavy (non-hydrogen) atoms. The van der Waals surface area contributed by atoms with Gasteiger partial charge < -0.3 is 15.7 Å². The Labute approximate surface area is 151 Å². The average molecular weight is 382 g/mol. The number of Topliss-reactive ketones (excluding diaryl/α,β-unsaturated/α-hetero) is 1. The van der Waals surface area contributed by atoms with Crippen molar-refractivity contribution < 1.29 is 32.3 Å². The molecule has 2 amide bonds. The van der Waals surface area contributed by atoms with Crippen LogP contribution >= 0.6 is 0 Å². The number of hydrogen-bond acceptors (Lipinski definition) is 3. The lowest BCUT2D eigenvalue weighted by molar-refractivity contribution is -0.190. The summed E-state index contributed by atoms with van der Waals surface area (Å²) in [4.78, 5) is 24.3. The standard InChI is InChI=1S/C18H14F4N2O3/c19-12-8-6-10(7-9-12)14-13(15(25)18(20,21)22)17(27,24-16(26)23-14)11-4-2-1-3-5-11/h1-9,13-14,27H,(H2,23,24,26)/t13-,14+,17-/m0/s1. The minimum absolute atomic E-state index is 0.0446. The Kier molecular flexibility index (Phi) is 4.64. The van der Waals surface area contributed by atoms with E-state index in [-0.39, 0.29) is 11.1 Å². The zero-order valence-corrected chi connectivity index (χ0v) is 13.6. The number of rotatable bonds is 3.